The fourth-order valence-electron chi connectivity index (χ4n) is 3.71. The normalized spacial score (nSPS) is 17.3. The van der Waals surface area contributed by atoms with Gasteiger partial charge in [0, 0.05) is 6.42 Å². The summed E-state index contributed by atoms with van der Waals surface area (Å²) in [4.78, 5) is 26.5. The van der Waals surface area contributed by atoms with Crippen molar-refractivity contribution in [2.75, 3.05) is 39.4 Å². The number of aliphatic imine (C=N–C) groups is 1. The van der Waals surface area contributed by atoms with Gasteiger partial charge in [-0.1, -0.05) is 58.3 Å². The second-order valence-electron chi connectivity index (χ2n) is 7.47. The van der Waals surface area contributed by atoms with E-state index in [1.807, 2.05) is 0 Å². The molecule has 1 atom stereocenters. The molecule has 0 spiro atoms. The molecule has 0 bridgehead atoms. The van der Waals surface area contributed by atoms with Crippen molar-refractivity contribution >= 4 is 17.8 Å². The molecular weight excluding hydrogens is 410 g/mol. The Bertz CT molecular complexity index is 494. The molecule has 0 aromatic carbocycles. The average molecular weight is 449 g/mol. The van der Waals surface area contributed by atoms with Gasteiger partial charge in [0.1, 0.15) is 19.7 Å². The third-order valence-corrected chi connectivity index (χ3v) is 5.20. The Balaban J connectivity index is -0.00000243. The predicted octanol–water partition coefficient (Wildman–Crippen LogP) is -2.85. The first-order chi connectivity index (χ1) is 13.0. The van der Waals surface area contributed by atoms with E-state index >= 15 is 0 Å². The molecule has 0 fully saturated rings. The van der Waals surface area contributed by atoms with Crippen LogP contribution in [-0.4, -0.2) is 77.3 Å². The van der Waals surface area contributed by atoms with Crippen molar-refractivity contribution in [2.24, 2.45) is 4.99 Å². The first-order valence-corrected chi connectivity index (χ1v) is 10.4. The third-order valence-electron chi connectivity index (χ3n) is 5.20. The molecule has 10 heteroatoms. The Morgan fingerprint density at radius 3 is 2.07 bits per heavy atom. The SMILES string of the molecule is CCCCCCCCCCCC1=NCC[N+]1(CCOCC(=O)O)CC(=O)O.[Na+].[Na+].[OH-]. The summed E-state index contributed by atoms with van der Waals surface area (Å²) in [5, 5.41) is 18.0. The number of hydrogen-bond acceptors (Lipinski definition) is 5. The summed E-state index contributed by atoms with van der Waals surface area (Å²) in [6.07, 6.45) is 12.1. The minimum atomic E-state index is -1.01. The predicted molar refractivity (Wildman–Crippen MR) is 107 cm³/mol. The van der Waals surface area contributed by atoms with Crippen molar-refractivity contribution in [1.29, 1.82) is 0 Å². The number of nitrogens with zero attached hydrogens (tertiary/aromatic N) is 2. The molecule has 1 heterocycles. The van der Waals surface area contributed by atoms with Gasteiger partial charge in [-0.05, 0) is 6.42 Å². The van der Waals surface area contributed by atoms with E-state index in [-0.39, 0.29) is 84.3 Å². The monoisotopic (exact) mass is 448 g/mol. The smallest absolute Gasteiger partial charge is 0.870 e. The summed E-state index contributed by atoms with van der Waals surface area (Å²) in [5.74, 6) is -0.918. The molecule has 0 aromatic heterocycles. The number of carbonyl (C=O) groups is 2. The summed E-state index contributed by atoms with van der Waals surface area (Å²) in [5.41, 5.74) is 0. The topological polar surface area (TPSA) is 126 Å². The van der Waals surface area contributed by atoms with E-state index in [0.29, 0.717) is 24.1 Å². The van der Waals surface area contributed by atoms with E-state index < -0.39 is 11.9 Å². The van der Waals surface area contributed by atoms with Crippen LogP contribution in [0.15, 0.2) is 4.99 Å². The van der Waals surface area contributed by atoms with E-state index in [2.05, 4.69) is 11.9 Å². The maximum atomic E-state index is 11.4. The number of carboxylic acids is 2. The maximum Gasteiger partial charge on any atom is 1.00 e. The number of unbranched alkanes of at least 4 members (excludes halogenated alkanes) is 8. The van der Waals surface area contributed by atoms with Gasteiger partial charge >= 0.3 is 71.1 Å². The molecular formula is C20H38N2Na2O6+2. The molecule has 1 aliphatic rings. The first kappa shape index (κ1) is 35.1. The van der Waals surface area contributed by atoms with Crippen LogP contribution in [0.1, 0.15) is 71.1 Å². The van der Waals surface area contributed by atoms with E-state index in [4.69, 9.17) is 9.84 Å². The van der Waals surface area contributed by atoms with E-state index in [9.17, 15) is 14.7 Å². The Hall–Kier alpha value is 0.490. The number of amidine groups is 1. The molecule has 0 saturated carbocycles. The van der Waals surface area contributed by atoms with Crippen LogP contribution < -0.4 is 59.1 Å². The Kier molecular flexibility index (Phi) is 25.0. The summed E-state index contributed by atoms with van der Waals surface area (Å²) < 4.78 is 5.46. The number of carboxylic acid groups (broad SMARTS) is 2. The number of ether oxygens (including phenoxy) is 1. The summed E-state index contributed by atoms with van der Waals surface area (Å²) in [6, 6.07) is 0. The van der Waals surface area contributed by atoms with Gasteiger partial charge in [0.2, 0.25) is 0 Å². The van der Waals surface area contributed by atoms with Crippen LogP contribution in [0.4, 0.5) is 0 Å². The van der Waals surface area contributed by atoms with Gasteiger partial charge in [-0.15, -0.1) is 0 Å². The van der Waals surface area contributed by atoms with Crippen LogP contribution in [-0.2, 0) is 14.3 Å². The standard InChI is InChI=1S/C20H36N2O5.2Na.H2O/c1-2-3-4-5-6-7-8-9-10-11-18-21-12-13-22(18,16-19(23)24)14-15-27-17-20(25)26;;;/h2-17H2,1H3,(H-,23,24,25,26);;;1H2/q;2*+1;. The zero-order valence-corrected chi connectivity index (χ0v) is 23.3. The maximum absolute atomic E-state index is 11.4. The van der Waals surface area contributed by atoms with Crippen LogP contribution in [0.2, 0.25) is 0 Å². The third kappa shape index (κ3) is 15.3. The van der Waals surface area contributed by atoms with Gasteiger partial charge in [0.25, 0.3) is 0 Å². The molecule has 30 heavy (non-hydrogen) atoms. The van der Waals surface area contributed by atoms with Gasteiger partial charge in [-0.25, -0.2) is 14.6 Å². The minimum Gasteiger partial charge on any atom is -0.870 e. The van der Waals surface area contributed by atoms with Gasteiger partial charge in [0.05, 0.1) is 13.2 Å². The number of quaternary nitrogens is 1. The van der Waals surface area contributed by atoms with Crippen molar-refractivity contribution in [3.8, 4) is 0 Å². The number of aliphatic carboxylic acids is 2. The van der Waals surface area contributed by atoms with E-state index in [1.54, 1.807) is 0 Å². The zero-order valence-electron chi connectivity index (χ0n) is 19.3. The Morgan fingerprint density at radius 1 is 0.967 bits per heavy atom. The molecule has 3 N–H and O–H groups in total. The van der Waals surface area contributed by atoms with Crippen LogP contribution in [0.5, 0.6) is 0 Å². The minimum absolute atomic E-state index is 0. The number of rotatable bonds is 17. The summed E-state index contributed by atoms with van der Waals surface area (Å²) in [6.45, 7) is 3.87. The van der Waals surface area contributed by atoms with Crippen LogP contribution >= 0.6 is 0 Å². The molecule has 0 aliphatic carbocycles. The Labute approximate surface area is 225 Å². The van der Waals surface area contributed by atoms with Crippen molar-refractivity contribution < 1.29 is 93.6 Å². The molecule has 0 aromatic rings. The van der Waals surface area contributed by atoms with E-state index in [0.717, 1.165) is 25.1 Å². The van der Waals surface area contributed by atoms with E-state index in [1.165, 1.54) is 44.9 Å². The summed E-state index contributed by atoms with van der Waals surface area (Å²) >= 11 is 0. The average Bonchev–Trinajstić information content (AvgIpc) is 2.99. The largest absolute Gasteiger partial charge is 1.00 e. The van der Waals surface area contributed by atoms with Crippen molar-refractivity contribution in [3.05, 3.63) is 0 Å². The van der Waals surface area contributed by atoms with Crippen molar-refractivity contribution in [1.82, 2.24) is 0 Å². The fourth-order valence-corrected chi connectivity index (χ4v) is 3.71. The van der Waals surface area contributed by atoms with Crippen LogP contribution in [0.25, 0.3) is 0 Å². The van der Waals surface area contributed by atoms with Gasteiger partial charge < -0.3 is 20.4 Å². The van der Waals surface area contributed by atoms with Crippen molar-refractivity contribution in [2.45, 2.75) is 71.1 Å². The van der Waals surface area contributed by atoms with Crippen molar-refractivity contribution in [3.63, 3.8) is 0 Å². The van der Waals surface area contributed by atoms with Gasteiger partial charge in [0.15, 0.2) is 12.4 Å². The second kappa shape index (κ2) is 21.3. The zero-order chi connectivity index (χ0) is 20.0. The van der Waals surface area contributed by atoms with Gasteiger partial charge in [-0.2, -0.15) is 0 Å². The second-order valence-corrected chi connectivity index (χ2v) is 7.47. The molecule has 1 rings (SSSR count). The molecule has 0 radical (unpaired) electrons. The molecule has 1 aliphatic heterocycles. The molecule has 0 amide bonds. The molecule has 8 nitrogen and oxygen atoms in total. The molecule has 0 saturated heterocycles. The van der Waals surface area contributed by atoms with Gasteiger partial charge in [-0.3, -0.25) is 4.48 Å². The molecule has 1 unspecified atom stereocenters. The fraction of sp³-hybridized carbons (Fsp3) is 0.850. The first-order valence-electron chi connectivity index (χ1n) is 10.4. The summed E-state index contributed by atoms with van der Waals surface area (Å²) in [7, 11) is 0. The number of hydrogen-bond donors (Lipinski definition) is 2. The molecule has 164 valence electrons. The quantitative estimate of drug-likeness (QED) is 0.140. The van der Waals surface area contributed by atoms with Crippen LogP contribution in [0, 0.1) is 0 Å². The Morgan fingerprint density at radius 2 is 1.53 bits per heavy atom. The van der Waals surface area contributed by atoms with Crippen LogP contribution in [0.3, 0.4) is 0 Å².